The number of hydrogen-bond donors (Lipinski definition) is 2. The van der Waals surface area contributed by atoms with Crippen molar-refractivity contribution in [3.05, 3.63) is 28.1 Å². The Balaban J connectivity index is 1.75. The van der Waals surface area contributed by atoms with Crippen LogP contribution in [0.2, 0.25) is 0 Å². The van der Waals surface area contributed by atoms with E-state index in [1.54, 1.807) is 4.57 Å². The van der Waals surface area contributed by atoms with Gasteiger partial charge in [-0.15, -0.1) is 0 Å². The van der Waals surface area contributed by atoms with Crippen LogP contribution in [0.15, 0.2) is 12.3 Å². The van der Waals surface area contributed by atoms with Gasteiger partial charge in [-0.1, -0.05) is 6.42 Å². The average Bonchev–Trinajstić information content (AvgIpc) is 3.24. The molecule has 0 bridgehead atoms. The summed E-state index contributed by atoms with van der Waals surface area (Å²) in [5, 5.41) is 17.2. The molecule has 1 aliphatic heterocycles. The van der Waals surface area contributed by atoms with Crippen molar-refractivity contribution < 1.29 is 9.72 Å². The third-order valence-corrected chi connectivity index (χ3v) is 4.10. The summed E-state index contributed by atoms with van der Waals surface area (Å²) in [6, 6.07) is 1.73. The molecule has 2 fully saturated rings. The van der Waals surface area contributed by atoms with Crippen LogP contribution in [0.4, 0.5) is 5.69 Å². The van der Waals surface area contributed by atoms with Gasteiger partial charge in [0.25, 0.3) is 11.6 Å². The number of amides is 1. The lowest BCUT2D eigenvalue weighted by molar-refractivity contribution is -0.384. The first-order valence-electron chi connectivity index (χ1n) is 7.53. The lowest BCUT2D eigenvalue weighted by atomic mass is 10.1. The minimum Gasteiger partial charge on any atom is -0.347 e. The van der Waals surface area contributed by atoms with E-state index < -0.39 is 4.92 Å². The molecular formula is C14H20N4O3. The highest BCUT2D eigenvalue weighted by molar-refractivity contribution is 5.93. The molecule has 3 rings (SSSR count). The zero-order valence-electron chi connectivity index (χ0n) is 11.9. The van der Waals surface area contributed by atoms with E-state index in [-0.39, 0.29) is 23.7 Å². The third kappa shape index (κ3) is 3.24. The Kier molecular flexibility index (Phi) is 3.92. The van der Waals surface area contributed by atoms with E-state index in [9.17, 15) is 14.9 Å². The molecule has 2 aliphatic rings. The van der Waals surface area contributed by atoms with Gasteiger partial charge in [0.2, 0.25) is 0 Å². The SMILES string of the molecule is O=C(NC1CCCCNC1)c1cc([N+](=O)[O-])cn1C1CC1. The summed E-state index contributed by atoms with van der Waals surface area (Å²) in [5.74, 6) is -0.205. The molecule has 21 heavy (non-hydrogen) atoms. The second kappa shape index (κ2) is 5.85. The van der Waals surface area contributed by atoms with Gasteiger partial charge in [-0.3, -0.25) is 14.9 Å². The van der Waals surface area contributed by atoms with Crippen LogP contribution >= 0.6 is 0 Å². The fraction of sp³-hybridized carbons (Fsp3) is 0.643. The zero-order chi connectivity index (χ0) is 14.8. The number of aromatic nitrogens is 1. The van der Waals surface area contributed by atoms with Gasteiger partial charge in [-0.05, 0) is 32.2 Å². The van der Waals surface area contributed by atoms with Crippen molar-refractivity contribution in [2.75, 3.05) is 13.1 Å². The molecule has 1 unspecified atom stereocenters. The van der Waals surface area contributed by atoms with Gasteiger partial charge in [0, 0.05) is 24.7 Å². The number of rotatable bonds is 4. The molecule has 1 saturated carbocycles. The molecule has 1 saturated heterocycles. The minimum atomic E-state index is -0.442. The van der Waals surface area contributed by atoms with E-state index >= 15 is 0 Å². The summed E-state index contributed by atoms with van der Waals surface area (Å²) >= 11 is 0. The molecular weight excluding hydrogens is 272 g/mol. The van der Waals surface area contributed by atoms with Crippen molar-refractivity contribution in [1.82, 2.24) is 15.2 Å². The van der Waals surface area contributed by atoms with Gasteiger partial charge in [0.05, 0.1) is 11.1 Å². The second-order valence-corrected chi connectivity index (χ2v) is 5.85. The number of nitrogens with one attached hydrogen (secondary N) is 2. The molecule has 114 valence electrons. The maximum Gasteiger partial charge on any atom is 0.287 e. The van der Waals surface area contributed by atoms with Crippen molar-refractivity contribution in [1.29, 1.82) is 0 Å². The molecule has 1 aliphatic carbocycles. The zero-order valence-corrected chi connectivity index (χ0v) is 11.9. The van der Waals surface area contributed by atoms with E-state index in [2.05, 4.69) is 10.6 Å². The van der Waals surface area contributed by atoms with Crippen LogP contribution in [0.5, 0.6) is 0 Å². The van der Waals surface area contributed by atoms with E-state index in [1.807, 2.05) is 0 Å². The van der Waals surface area contributed by atoms with E-state index in [1.165, 1.54) is 12.3 Å². The van der Waals surface area contributed by atoms with Gasteiger partial charge in [-0.2, -0.15) is 0 Å². The number of nitro groups is 1. The smallest absolute Gasteiger partial charge is 0.287 e. The summed E-state index contributed by atoms with van der Waals surface area (Å²) in [6.07, 6.45) is 6.61. The quantitative estimate of drug-likeness (QED) is 0.651. The lowest BCUT2D eigenvalue weighted by Crippen LogP contribution is -2.41. The molecule has 2 N–H and O–H groups in total. The Bertz CT molecular complexity index is 542. The number of carbonyl (C=O) groups is 1. The fourth-order valence-corrected chi connectivity index (χ4v) is 2.80. The normalized spacial score (nSPS) is 22.6. The van der Waals surface area contributed by atoms with Crippen molar-refractivity contribution in [2.24, 2.45) is 0 Å². The predicted octanol–water partition coefficient (Wildman–Crippen LogP) is 1.60. The summed E-state index contributed by atoms with van der Waals surface area (Å²) in [5.41, 5.74) is 0.402. The summed E-state index contributed by atoms with van der Waals surface area (Å²) in [6.45, 7) is 1.74. The molecule has 0 radical (unpaired) electrons. The molecule has 7 heteroatoms. The van der Waals surface area contributed by atoms with Crippen LogP contribution in [0.3, 0.4) is 0 Å². The van der Waals surface area contributed by atoms with Crippen LogP contribution in [-0.4, -0.2) is 34.5 Å². The molecule has 1 aromatic rings. The minimum absolute atomic E-state index is 0.00830. The molecule has 1 atom stereocenters. The van der Waals surface area contributed by atoms with E-state index in [0.29, 0.717) is 5.69 Å². The standard InChI is InChI=1S/C14H20N4O3/c19-14(16-10-3-1-2-6-15-8-10)13-7-12(18(20)21)9-17(13)11-4-5-11/h7,9-11,15H,1-6,8H2,(H,16,19). The molecule has 1 aromatic heterocycles. The Hall–Kier alpha value is -1.89. The maximum absolute atomic E-state index is 12.4. The number of carbonyl (C=O) groups excluding carboxylic acids is 1. The highest BCUT2D eigenvalue weighted by atomic mass is 16.6. The largest absolute Gasteiger partial charge is 0.347 e. The van der Waals surface area contributed by atoms with Crippen molar-refractivity contribution >= 4 is 11.6 Å². The van der Waals surface area contributed by atoms with Gasteiger partial charge >= 0.3 is 0 Å². The van der Waals surface area contributed by atoms with Crippen molar-refractivity contribution in [3.8, 4) is 0 Å². The Morgan fingerprint density at radius 3 is 2.90 bits per heavy atom. The van der Waals surface area contributed by atoms with E-state index in [4.69, 9.17) is 0 Å². The lowest BCUT2D eigenvalue weighted by Gasteiger charge is -2.17. The topological polar surface area (TPSA) is 89.2 Å². The highest BCUT2D eigenvalue weighted by Crippen LogP contribution is 2.37. The van der Waals surface area contributed by atoms with Crippen LogP contribution in [-0.2, 0) is 0 Å². The fourth-order valence-electron chi connectivity index (χ4n) is 2.80. The average molecular weight is 292 g/mol. The highest BCUT2D eigenvalue weighted by Gasteiger charge is 2.31. The van der Waals surface area contributed by atoms with Gasteiger partial charge in [0.1, 0.15) is 5.69 Å². The first-order chi connectivity index (χ1) is 10.1. The summed E-state index contributed by atoms with van der Waals surface area (Å²) < 4.78 is 1.76. The van der Waals surface area contributed by atoms with Crippen LogP contribution in [0, 0.1) is 10.1 Å². The molecule has 2 heterocycles. The van der Waals surface area contributed by atoms with Gasteiger partial charge in [0.15, 0.2) is 0 Å². The monoisotopic (exact) mass is 292 g/mol. The van der Waals surface area contributed by atoms with Gasteiger partial charge in [-0.25, -0.2) is 0 Å². The van der Waals surface area contributed by atoms with Crippen LogP contribution in [0.1, 0.15) is 48.6 Å². The van der Waals surface area contributed by atoms with E-state index in [0.717, 1.165) is 45.2 Å². The molecule has 1 amide bonds. The van der Waals surface area contributed by atoms with Crippen molar-refractivity contribution in [3.63, 3.8) is 0 Å². The molecule has 0 spiro atoms. The van der Waals surface area contributed by atoms with Crippen LogP contribution < -0.4 is 10.6 Å². The Morgan fingerprint density at radius 2 is 2.19 bits per heavy atom. The summed E-state index contributed by atoms with van der Waals surface area (Å²) in [4.78, 5) is 22.9. The van der Waals surface area contributed by atoms with Crippen LogP contribution in [0.25, 0.3) is 0 Å². The number of hydrogen-bond acceptors (Lipinski definition) is 4. The Labute approximate surface area is 122 Å². The van der Waals surface area contributed by atoms with Gasteiger partial charge < -0.3 is 15.2 Å². The van der Waals surface area contributed by atoms with Crippen molar-refractivity contribution in [2.45, 2.75) is 44.2 Å². The first kappa shape index (κ1) is 14.1. The third-order valence-electron chi connectivity index (χ3n) is 4.10. The Morgan fingerprint density at radius 1 is 1.38 bits per heavy atom. The first-order valence-corrected chi connectivity index (χ1v) is 7.53. The number of nitrogens with zero attached hydrogens (tertiary/aromatic N) is 2. The maximum atomic E-state index is 12.4. The summed E-state index contributed by atoms with van der Waals surface area (Å²) in [7, 11) is 0. The molecule has 0 aromatic carbocycles. The predicted molar refractivity (Wildman–Crippen MR) is 77.3 cm³/mol. The second-order valence-electron chi connectivity index (χ2n) is 5.85. The molecule has 7 nitrogen and oxygen atoms in total.